The lowest BCUT2D eigenvalue weighted by Crippen LogP contribution is -2.30. The van der Waals surface area contributed by atoms with Crippen LogP contribution in [0.1, 0.15) is 29.3 Å². The molecule has 29 heavy (non-hydrogen) atoms. The van der Waals surface area contributed by atoms with Crippen LogP contribution in [0.4, 0.5) is 0 Å². The number of esters is 1. The van der Waals surface area contributed by atoms with E-state index in [4.69, 9.17) is 30.5 Å². The van der Waals surface area contributed by atoms with Crippen LogP contribution >= 0.6 is 11.6 Å². The van der Waals surface area contributed by atoms with Crippen molar-refractivity contribution in [3.8, 4) is 17.2 Å². The predicted molar refractivity (Wildman–Crippen MR) is 107 cm³/mol. The molecule has 0 bridgehead atoms. The van der Waals surface area contributed by atoms with Crippen LogP contribution < -0.4 is 19.5 Å². The van der Waals surface area contributed by atoms with Crippen LogP contribution in [0.5, 0.6) is 17.2 Å². The second-order valence-corrected chi connectivity index (χ2v) is 6.64. The summed E-state index contributed by atoms with van der Waals surface area (Å²) in [7, 11) is 0. The zero-order valence-corrected chi connectivity index (χ0v) is 16.8. The summed E-state index contributed by atoms with van der Waals surface area (Å²) in [6, 6.07) is 10.2. The largest absolute Gasteiger partial charge is 0.493 e. The van der Waals surface area contributed by atoms with Gasteiger partial charge in [0.2, 0.25) is 0 Å². The zero-order chi connectivity index (χ0) is 20.6. The number of rotatable bonds is 7. The molecular weight excluding hydrogens is 398 g/mol. The van der Waals surface area contributed by atoms with Crippen molar-refractivity contribution in [1.82, 2.24) is 5.32 Å². The van der Waals surface area contributed by atoms with E-state index in [0.717, 1.165) is 6.42 Å². The number of fused-ring (bicyclic) bond motifs is 1. The first-order valence-electron chi connectivity index (χ1n) is 9.32. The lowest BCUT2D eigenvalue weighted by molar-refractivity contribution is -0.143. The summed E-state index contributed by atoms with van der Waals surface area (Å²) in [6.07, 6.45) is 0.765. The third-order valence-electron chi connectivity index (χ3n) is 4.09. The van der Waals surface area contributed by atoms with E-state index >= 15 is 0 Å². The molecule has 0 spiro atoms. The van der Waals surface area contributed by atoms with Crippen LogP contribution in [0.2, 0.25) is 5.02 Å². The van der Waals surface area contributed by atoms with Crippen LogP contribution in [-0.4, -0.2) is 38.2 Å². The van der Waals surface area contributed by atoms with Crippen molar-refractivity contribution >= 4 is 23.5 Å². The molecule has 154 valence electrons. The van der Waals surface area contributed by atoms with Crippen LogP contribution in [0, 0.1) is 0 Å². The van der Waals surface area contributed by atoms with E-state index in [9.17, 15) is 9.59 Å². The first-order valence-corrected chi connectivity index (χ1v) is 9.70. The van der Waals surface area contributed by atoms with Gasteiger partial charge in [-0.3, -0.25) is 9.59 Å². The Morgan fingerprint density at radius 2 is 1.97 bits per heavy atom. The molecule has 1 aliphatic rings. The number of hydrogen-bond acceptors (Lipinski definition) is 6. The Balaban J connectivity index is 1.54. The third-order valence-corrected chi connectivity index (χ3v) is 4.37. The predicted octanol–water partition coefficient (Wildman–Crippen LogP) is 3.37. The number of carbonyl (C=O) groups excluding carboxylic acids is 2. The Labute approximate surface area is 173 Å². The monoisotopic (exact) mass is 419 g/mol. The van der Waals surface area contributed by atoms with Crippen LogP contribution in [0.3, 0.4) is 0 Å². The van der Waals surface area contributed by atoms with Gasteiger partial charge in [0, 0.05) is 6.42 Å². The standard InChI is InChI=1S/C21H22ClNO6/c1-2-26-17-7-4-3-6-15(17)21(25)23-12-19(24)29-13-14-10-16(22)20-18(11-14)27-8-5-9-28-20/h3-4,6-7,10-11H,2,5,8-9,12-13H2,1H3,(H,23,25). The van der Waals surface area contributed by atoms with Gasteiger partial charge in [0.25, 0.3) is 5.91 Å². The number of nitrogens with one attached hydrogen (secondary N) is 1. The highest BCUT2D eigenvalue weighted by Gasteiger charge is 2.17. The first-order chi connectivity index (χ1) is 14.1. The Morgan fingerprint density at radius 3 is 2.79 bits per heavy atom. The van der Waals surface area contributed by atoms with Gasteiger partial charge in [0.05, 0.1) is 30.4 Å². The van der Waals surface area contributed by atoms with Crippen molar-refractivity contribution < 1.29 is 28.5 Å². The van der Waals surface area contributed by atoms with Crippen molar-refractivity contribution in [2.75, 3.05) is 26.4 Å². The molecule has 0 fully saturated rings. The van der Waals surface area contributed by atoms with Crippen molar-refractivity contribution in [3.63, 3.8) is 0 Å². The molecule has 1 aliphatic heterocycles. The Hall–Kier alpha value is -2.93. The van der Waals surface area contributed by atoms with E-state index in [2.05, 4.69) is 5.32 Å². The van der Waals surface area contributed by atoms with Gasteiger partial charge in [-0.25, -0.2) is 0 Å². The van der Waals surface area contributed by atoms with Gasteiger partial charge in [-0.1, -0.05) is 23.7 Å². The lowest BCUT2D eigenvalue weighted by atomic mass is 10.2. The number of para-hydroxylation sites is 1. The van der Waals surface area contributed by atoms with Gasteiger partial charge >= 0.3 is 5.97 Å². The fraction of sp³-hybridized carbons (Fsp3) is 0.333. The maximum atomic E-state index is 12.3. The normalized spacial score (nSPS) is 12.6. The van der Waals surface area contributed by atoms with Gasteiger partial charge in [-0.2, -0.15) is 0 Å². The summed E-state index contributed by atoms with van der Waals surface area (Å²) in [6.45, 7) is 3.07. The molecule has 8 heteroatoms. The van der Waals surface area contributed by atoms with E-state index in [-0.39, 0.29) is 13.2 Å². The van der Waals surface area contributed by atoms with Crippen molar-refractivity contribution in [3.05, 3.63) is 52.5 Å². The Kier molecular flexibility index (Phi) is 7.19. The average molecular weight is 420 g/mol. The average Bonchev–Trinajstić information content (AvgIpc) is 2.97. The minimum absolute atomic E-state index is 0.000592. The zero-order valence-electron chi connectivity index (χ0n) is 16.0. The molecule has 0 saturated carbocycles. The number of hydrogen-bond donors (Lipinski definition) is 1. The quantitative estimate of drug-likeness (QED) is 0.693. The Morgan fingerprint density at radius 1 is 1.17 bits per heavy atom. The Bertz CT molecular complexity index is 885. The summed E-state index contributed by atoms with van der Waals surface area (Å²) < 4.78 is 21.8. The molecular formula is C21H22ClNO6. The molecule has 3 rings (SSSR count). The molecule has 2 aromatic rings. The van der Waals surface area contributed by atoms with E-state index < -0.39 is 11.9 Å². The van der Waals surface area contributed by atoms with Crippen molar-refractivity contribution in [2.45, 2.75) is 20.0 Å². The van der Waals surface area contributed by atoms with E-state index in [0.29, 0.717) is 53.2 Å². The molecule has 0 aliphatic carbocycles. The number of amides is 1. The van der Waals surface area contributed by atoms with E-state index in [1.807, 2.05) is 6.92 Å². The highest BCUT2D eigenvalue weighted by atomic mass is 35.5. The van der Waals surface area contributed by atoms with E-state index in [1.165, 1.54) is 0 Å². The van der Waals surface area contributed by atoms with E-state index in [1.54, 1.807) is 36.4 Å². The summed E-state index contributed by atoms with van der Waals surface area (Å²) in [5.41, 5.74) is 1.03. The molecule has 0 atom stereocenters. The van der Waals surface area contributed by atoms with Gasteiger partial charge in [-0.05, 0) is 36.8 Å². The molecule has 1 heterocycles. The molecule has 7 nitrogen and oxygen atoms in total. The summed E-state index contributed by atoms with van der Waals surface area (Å²) in [5.74, 6) is 0.504. The van der Waals surface area contributed by atoms with Gasteiger partial charge in [0.15, 0.2) is 11.5 Å². The maximum Gasteiger partial charge on any atom is 0.325 e. The smallest absolute Gasteiger partial charge is 0.325 e. The minimum atomic E-state index is -0.574. The second-order valence-electron chi connectivity index (χ2n) is 6.23. The SMILES string of the molecule is CCOc1ccccc1C(=O)NCC(=O)OCc1cc(Cl)c2c(c1)OCCCO2. The van der Waals surface area contributed by atoms with Crippen LogP contribution in [-0.2, 0) is 16.1 Å². The number of benzene rings is 2. The molecule has 0 unspecified atom stereocenters. The summed E-state index contributed by atoms with van der Waals surface area (Å²) in [4.78, 5) is 24.3. The minimum Gasteiger partial charge on any atom is -0.493 e. The first kappa shape index (κ1) is 20.8. The molecule has 0 radical (unpaired) electrons. The molecule has 2 aromatic carbocycles. The molecule has 1 N–H and O–H groups in total. The van der Waals surface area contributed by atoms with Gasteiger partial charge < -0.3 is 24.3 Å². The van der Waals surface area contributed by atoms with Crippen molar-refractivity contribution in [2.24, 2.45) is 0 Å². The number of carbonyl (C=O) groups is 2. The molecule has 0 saturated heterocycles. The van der Waals surface area contributed by atoms with Crippen molar-refractivity contribution in [1.29, 1.82) is 0 Å². The second kappa shape index (κ2) is 10.0. The highest BCUT2D eigenvalue weighted by Crippen LogP contribution is 2.38. The van der Waals surface area contributed by atoms with Gasteiger partial charge in [-0.15, -0.1) is 0 Å². The fourth-order valence-electron chi connectivity index (χ4n) is 2.77. The van der Waals surface area contributed by atoms with Crippen LogP contribution in [0.15, 0.2) is 36.4 Å². The van der Waals surface area contributed by atoms with Crippen LogP contribution in [0.25, 0.3) is 0 Å². The van der Waals surface area contributed by atoms with Gasteiger partial charge in [0.1, 0.15) is 18.9 Å². The lowest BCUT2D eigenvalue weighted by Gasteiger charge is -2.12. The fourth-order valence-corrected chi connectivity index (χ4v) is 3.05. The summed E-state index contributed by atoms with van der Waals surface area (Å²) >= 11 is 6.23. The maximum absolute atomic E-state index is 12.3. The topological polar surface area (TPSA) is 83.1 Å². The molecule has 1 amide bonds. The number of halogens is 1. The highest BCUT2D eigenvalue weighted by molar-refractivity contribution is 6.32. The number of ether oxygens (including phenoxy) is 4. The third kappa shape index (κ3) is 5.54. The molecule has 0 aromatic heterocycles. The summed E-state index contributed by atoms with van der Waals surface area (Å²) in [5, 5.41) is 2.94.